The molecular formula is C10H15AuClP+. The molecule has 1 aromatic rings. The van der Waals surface area contributed by atoms with E-state index >= 15 is 0 Å². The van der Waals surface area contributed by atoms with Crippen molar-refractivity contribution in [3.05, 3.63) is 30.3 Å². The van der Waals surface area contributed by atoms with Crippen molar-refractivity contribution in [3.63, 3.8) is 0 Å². The molecule has 0 heterocycles. The summed E-state index contributed by atoms with van der Waals surface area (Å²) in [5.74, 6) is 0. The molecule has 0 amide bonds. The van der Waals surface area contributed by atoms with E-state index < -0.39 is 6.62 Å². The van der Waals surface area contributed by atoms with Gasteiger partial charge in [-0.3, -0.25) is 0 Å². The second-order valence-electron chi connectivity index (χ2n) is 2.83. The fourth-order valence-corrected chi connectivity index (χ4v) is 3.51. The topological polar surface area (TPSA) is 0 Å². The first-order valence-corrected chi connectivity index (χ1v) is 7.41. The van der Waals surface area contributed by atoms with Crippen LogP contribution < -0.4 is 5.30 Å². The monoisotopic (exact) mass is 398 g/mol. The van der Waals surface area contributed by atoms with Crippen molar-refractivity contribution in [3.8, 4) is 0 Å². The van der Waals surface area contributed by atoms with Crippen molar-refractivity contribution in [2.75, 3.05) is 12.3 Å². The predicted molar refractivity (Wildman–Crippen MR) is 59.9 cm³/mol. The first-order chi connectivity index (χ1) is 5.73. The van der Waals surface area contributed by atoms with Gasteiger partial charge in [0, 0.05) is 22.4 Å². The maximum absolute atomic E-state index is 6.54. The van der Waals surface area contributed by atoms with Crippen LogP contribution >= 0.6 is 17.9 Å². The molecule has 0 aliphatic heterocycles. The Bertz CT molecular complexity index is 234. The van der Waals surface area contributed by atoms with Crippen molar-refractivity contribution < 1.29 is 22.4 Å². The second-order valence-corrected chi connectivity index (χ2v) is 8.28. The molecule has 77 valence electrons. The summed E-state index contributed by atoms with van der Waals surface area (Å²) in [4.78, 5) is 0. The Balaban J connectivity index is 0.00000144. The summed E-state index contributed by atoms with van der Waals surface area (Å²) < 4.78 is 0. The molecule has 1 rings (SSSR count). The SMILES string of the molecule is CC[P+](Cl)(CC)c1ccccc1.[Au]. The number of benzene rings is 1. The average molecular weight is 399 g/mol. The summed E-state index contributed by atoms with van der Waals surface area (Å²) in [6.45, 7) is 3.04. The van der Waals surface area contributed by atoms with Gasteiger partial charge in [-0.2, -0.15) is 0 Å². The van der Waals surface area contributed by atoms with Crippen LogP contribution in [0.15, 0.2) is 30.3 Å². The zero-order valence-corrected chi connectivity index (χ0v) is 11.7. The van der Waals surface area contributed by atoms with Gasteiger partial charge in [0.25, 0.3) is 0 Å². The van der Waals surface area contributed by atoms with Gasteiger partial charge in [-0.05, 0) is 26.0 Å². The Labute approximate surface area is 102 Å². The van der Waals surface area contributed by atoms with E-state index in [1.807, 2.05) is 6.07 Å². The molecule has 0 fully saturated rings. The Morgan fingerprint density at radius 3 is 1.92 bits per heavy atom. The largest absolute Gasteiger partial charge is 0.145 e. The van der Waals surface area contributed by atoms with Gasteiger partial charge in [0.2, 0.25) is 0 Å². The fourth-order valence-electron chi connectivity index (χ4n) is 1.28. The normalized spacial score (nSPS) is 10.7. The Hall–Kier alpha value is 0.680. The van der Waals surface area contributed by atoms with Crippen molar-refractivity contribution in [1.29, 1.82) is 0 Å². The van der Waals surface area contributed by atoms with Crippen molar-refractivity contribution >= 4 is 23.2 Å². The summed E-state index contributed by atoms with van der Waals surface area (Å²) in [5, 5.41) is 1.34. The zero-order chi connectivity index (χ0) is 9.03. The van der Waals surface area contributed by atoms with Gasteiger partial charge < -0.3 is 0 Å². The first kappa shape index (κ1) is 13.7. The van der Waals surface area contributed by atoms with E-state index in [1.165, 1.54) is 5.30 Å². The fraction of sp³-hybridized carbons (Fsp3) is 0.400. The summed E-state index contributed by atoms with van der Waals surface area (Å²) in [6.07, 6.45) is 2.18. The minimum absolute atomic E-state index is 0. The predicted octanol–water partition coefficient (Wildman–Crippen LogP) is 3.52. The number of rotatable bonds is 3. The van der Waals surface area contributed by atoms with E-state index in [9.17, 15) is 0 Å². The van der Waals surface area contributed by atoms with Gasteiger partial charge in [0.1, 0.15) is 11.9 Å². The standard InChI is InChI=1S/C10H15ClP.Au/c1-3-12(11,4-2)10-8-6-5-7-9-10;/h5-9H,3-4H2,1-2H3;/q+1;. The Morgan fingerprint density at radius 2 is 1.54 bits per heavy atom. The molecule has 0 N–H and O–H groups in total. The first-order valence-electron chi connectivity index (χ1n) is 4.35. The molecule has 3 heteroatoms. The molecule has 0 aromatic heterocycles. The third kappa shape index (κ3) is 3.38. The van der Waals surface area contributed by atoms with E-state index in [2.05, 4.69) is 38.1 Å². The molecule has 1 aromatic carbocycles. The number of hydrogen-bond acceptors (Lipinski definition) is 0. The molecule has 0 aliphatic rings. The maximum atomic E-state index is 6.54. The van der Waals surface area contributed by atoms with Crippen LogP contribution in [0.3, 0.4) is 0 Å². The van der Waals surface area contributed by atoms with Crippen LogP contribution in [-0.2, 0) is 22.4 Å². The van der Waals surface area contributed by atoms with Crippen LogP contribution in [0, 0.1) is 0 Å². The average Bonchev–Trinajstić information content (AvgIpc) is 2.18. The molecule has 0 nitrogen and oxygen atoms in total. The third-order valence-corrected chi connectivity index (χ3v) is 7.47. The van der Waals surface area contributed by atoms with E-state index in [0.717, 1.165) is 12.3 Å². The third-order valence-electron chi connectivity index (χ3n) is 2.22. The van der Waals surface area contributed by atoms with E-state index in [0.29, 0.717) is 0 Å². The van der Waals surface area contributed by atoms with Gasteiger partial charge >= 0.3 is 0 Å². The van der Waals surface area contributed by atoms with E-state index in [-0.39, 0.29) is 22.4 Å². The smallest absolute Gasteiger partial charge is 0.0620 e. The minimum atomic E-state index is -1.31. The van der Waals surface area contributed by atoms with Gasteiger partial charge in [-0.25, -0.2) is 0 Å². The van der Waals surface area contributed by atoms with Gasteiger partial charge in [-0.15, -0.1) is 0 Å². The molecule has 0 atom stereocenters. The maximum Gasteiger partial charge on any atom is 0.145 e. The van der Waals surface area contributed by atoms with Gasteiger partial charge in [-0.1, -0.05) is 18.2 Å². The molecule has 0 saturated carbocycles. The molecule has 0 unspecified atom stereocenters. The molecule has 13 heavy (non-hydrogen) atoms. The summed E-state index contributed by atoms with van der Waals surface area (Å²) in [7, 11) is 0. The molecule has 0 aliphatic carbocycles. The van der Waals surface area contributed by atoms with Crippen molar-refractivity contribution in [1.82, 2.24) is 0 Å². The molecular weight excluding hydrogens is 384 g/mol. The summed E-state index contributed by atoms with van der Waals surface area (Å²) in [6, 6.07) is 10.5. The quantitative estimate of drug-likeness (QED) is 0.540. The second kappa shape index (κ2) is 6.22. The van der Waals surface area contributed by atoms with E-state index in [1.54, 1.807) is 0 Å². The van der Waals surface area contributed by atoms with Crippen molar-refractivity contribution in [2.45, 2.75) is 13.8 Å². The molecule has 1 radical (unpaired) electrons. The molecule has 0 bridgehead atoms. The molecule has 0 spiro atoms. The van der Waals surface area contributed by atoms with Crippen LogP contribution in [0.4, 0.5) is 0 Å². The summed E-state index contributed by atoms with van der Waals surface area (Å²) in [5.41, 5.74) is 0. The van der Waals surface area contributed by atoms with Crippen LogP contribution in [0.1, 0.15) is 13.8 Å². The Morgan fingerprint density at radius 1 is 1.08 bits per heavy atom. The van der Waals surface area contributed by atoms with Crippen LogP contribution in [-0.4, -0.2) is 12.3 Å². The number of halogens is 1. The van der Waals surface area contributed by atoms with Crippen molar-refractivity contribution in [2.24, 2.45) is 0 Å². The Kier molecular flexibility index (Phi) is 6.54. The molecule has 0 saturated heterocycles. The van der Waals surface area contributed by atoms with Crippen LogP contribution in [0.5, 0.6) is 0 Å². The van der Waals surface area contributed by atoms with Gasteiger partial charge in [0.15, 0.2) is 0 Å². The van der Waals surface area contributed by atoms with Crippen LogP contribution in [0.25, 0.3) is 0 Å². The van der Waals surface area contributed by atoms with Gasteiger partial charge in [0.05, 0.1) is 23.6 Å². The number of hydrogen-bond donors (Lipinski definition) is 0. The van der Waals surface area contributed by atoms with Crippen LogP contribution in [0.2, 0.25) is 0 Å². The zero-order valence-electron chi connectivity index (χ0n) is 7.93. The van der Waals surface area contributed by atoms with E-state index in [4.69, 9.17) is 11.2 Å². The minimum Gasteiger partial charge on any atom is -0.0620 e. The summed E-state index contributed by atoms with van der Waals surface area (Å²) >= 11 is 6.54.